The minimum Gasteiger partial charge on any atom is -0.321 e. The van der Waals surface area contributed by atoms with Gasteiger partial charge in [0.15, 0.2) is 0 Å². The number of hydrogen-bond acceptors (Lipinski definition) is 2. The Morgan fingerprint density at radius 1 is 1.09 bits per heavy atom. The maximum absolute atomic E-state index is 12.3. The molecule has 2 heterocycles. The fourth-order valence-electron chi connectivity index (χ4n) is 2.70. The highest BCUT2D eigenvalue weighted by molar-refractivity contribution is 9.10. The standard InChI is InChI=1S/C18H12BrN3O/c19-13-6-7-16-14(9-13)15(18(23)21-16)8-12-10-20-22-17(12)11-4-2-1-3-5-11/h1-10H,(H,20,22)(H,21,23)/b15-8-. The Kier molecular flexibility index (Phi) is 3.35. The lowest BCUT2D eigenvalue weighted by Crippen LogP contribution is -2.03. The van der Waals surface area contributed by atoms with Crippen LogP contribution in [0.25, 0.3) is 22.9 Å². The minimum atomic E-state index is -0.0988. The molecule has 4 nitrogen and oxygen atoms in total. The summed E-state index contributed by atoms with van der Waals surface area (Å²) in [7, 11) is 0. The SMILES string of the molecule is O=C1Nc2ccc(Br)cc2/C1=C/c1cn[nH]c1-c1ccccc1. The topological polar surface area (TPSA) is 57.8 Å². The maximum Gasteiger partial charge on any atom is 0.256 e. The van der Waals surface area contributed by atoms with Gasteiger partial charge in [0.1, 0.15) is 0 Å². The smallest absolute Gasteiger partial charge is 0.256 e. The summed E-state index contributed by atoms with van der Waals surface area (Å²) >= 11 is 3.46. The Morgan fingerprint density at radius 3 is 2.74 bits per heavy atom. The first-order valence-corrected chi connectivity index (χ1v) is 7.93. The fourth-order valence-corrected chi connectivity index (χ4v) is 3.06. The third-order valence-corrected chi connectivity index (χ3v) is 4.29. The van der Waals surface area contributed by atoms with Gasteiger partial charge in [-0.3, -0.25) is 9.89 Å². The Bertz CT molecular complexity index is 928. The first-order chi connectivity index (χ1) is 11.2. The predicted molar refractivity (Wildman–Crippen MR) is 94.7 cm³/mol. The highest BCUT2D eigenvalue weighted by Gasteiger charge is 2.24. The van der Waals surface area contributed by atoms with Gasteiger partial charge in [0.25, 0.3) is 5.91 Å². The highest BCUT2D eigenvalue weighted by Crippen LogP contribution is 2.36. The molecule has 2 aromatic carbocycles. The molecule has 1 aliphatic rings. The van der Waals surface area contributed by atoms with Crippen LogP contribution in [0.4, 0.5) is 5.69 Å². The number of carbonyl (C=O) groups is 1. The Hall–Kier alpha value is -2.66. The lowest BCUT2D eigenvalue weighted by atomic mass is 10.0. The normalized spacial score (nSPS) is 14.8. The van der Waals surface area contributed by atoms with Gasteiger partial charge < -0.3 is 5.32 Å². The summed E-state index contributed by atoms with van der Waals surface area (Å²) in [5, 5.41) is 10.0. The quantitative estimate of drug-likeness (QED) is 0.664. The molecule has 0 bridgehead atoms. The molecule has 1 aliphatic heterocycles. The molecule has 5 heteroatoms. The molecule has 1 amide bonds. The van der Waals surface area contributed by atoms with Gasteiger partial charge in [0, 0.05) is 32.4 Å². The van der Waals surface area contributed by atoms with Crippen molar-refractivity contribution < 1.29 is 4.79 Å². The number of anilines is 1. The third-order valence-electron chi connectivity index (χ3n) is 3.80. The molecule has 3 aromatic rings. The van der Waals surface area contributed by atoms with E-state index in [1.54, 1.807) is 6.20 Å². The van der Waals surface area contributed by atoms with E-state index >= 15 is 0 Å². The van der Waals surface area contributed by atoms with Crippen LogP contribution in [0.3, 0.4) is 0 Å². The van der Waals surface area contributed by atoms with Crippen LogP contribution >= 0.6 is 15.9 Å². The van der Waals surface area contributed by atoms with E-state index < -0.39 is 0 Å². The summed E-state index contributed by atoms with van der Waals surface area (Å²) in [5.41, 5.74) is 5.17. The molecule has 0 atom stereocenters. The lowest BCUT2D eigenvalue weighted by molar-refractivity contribution is -0.110. The van der Waals surface area contributed by atoms with Crippen LogP contribution in [0.2, 0.25) is 0 Å². The number of halogens is 1. The molecule has 4 rings (SSSR count). The number of amides is 1. The lowest BCUT2D eigenvalue weighted by Gasteiger charge is -2.01. The Labute approximate surface area is 141 Å². The molecule has 0 saturated carbocycles. The molecular formula is C18H12BrN3O. The summed E-state index contributed by atoms with van der Waals surface area (Å²) in [6, 6.07) is 15.7. The van der Waals surface area contributed by atoms with Crippen molar-refractivity contribution in [3.63, 3.8) is 0 Å². The molecule has 0 saturated heterocycles. The summed E-state index contributed by atoms with van der Waals surface area (Å²) in [6.45, 7) is 0. The van der Waals surface area contributed by atoms with Gasteiger partial charge in [-0.1, -0.05) is 46.3 Å². The van der Waals surface area contributed by atoms with Gasteiger partial charge in [-0.05, 0) is 24.3 Å². The number of carbonyl (C=O) groups excluding carboxylic acids is 1. The molecule has 0 fully saturated rings. The fraction of sp³-hybridized carbons (Fsp3) is 0. The van der Waals surface area contributed by atoms with Gasteiger partial charge in [-0.25, -0.2) is 0 Å². The molecule has 2 N–H and O–H groups in total. The Balaban J connectivity index is 1.83. The zero-order chi connectivity index (χ0) is 15.8. The predicted octanol–water partition coefficient (Wildman–Crippen LogP) is 4.33. The largest absolute Gasteiger partial charge is 0.321 e. The number of aromatic amines is 1. The molecule has 1 aromatic heterocycles. The molecule has 0 aliphatic carbocycles. The van der Waals surface area contributed by atoms with E-state index in [-0.39, 0.29) is 5.91 Å². The Morgan fingerprint density at radius 2 is 1.91 bits per heavy atom. The van der Waals surface area contributed by atoms with Gasteiger partial charge in [-0.15, -0.1) is 0 Å². The summed E-state index contributed by atoms with van der Waals surface area (Å²) in [6.07, 6.45) is 3.61. The number of aromatic nitrogens is 2. The van der Waals surface area contributed by atoms with Crippen molar-refractivity contribution in [1.82, 2.24) is 10.2 Å². The average molecular weight is 366 g/mol. The van der Waals surface area contributed by atoms with Crippen LogP contribution < -0.4 is 5.32 Å². The third kappa shape index (κ3) is 2.49. The van der Waals surface area contributed by atoms with E-state index in [4.69, 9.17) is 0 Å². The number of H-pyrrole nitrogens is 1. The van der Waals surface area contributed by atoms with E-state index in [1.165, 1.54) is 0 Å². The van der Waals surface area contributed by atoms with E-state index in [0.29, 0.717) is 5.57 Å². The second-order valence-electron chi connectivity index (χ2n) is 5.27. The number of fused-ring (bicyclic) bond motifs is 1. The monoisotopic (exact) mass is 365 g/mol. The molecule has 0 spiro atoms. The second kappa shape index (κ2) is 5.52. The zero-order valence-electron chi connectivity index (χ0n) is 12.0. The van der Waals surface area contributed by atoms with Crippen LogP contribution in [0.1, 0.15) is 11.1 Å². The zero-order valence-corrected chi connectivity index (χ0v) is 13.6. The van der Waals surface area contributed by atoms with E-state index in [9.17, 15) is 4.79 Å². The van der Waals surface area contributed by atoms with Crippen molar-refractivity contribution in [1.29, 1.82) is 0 Å². The number of benzene rings is 2. The summed E-state index contributed by atoms with van der Waals surface area (Å²) < 4.78 is 0.939. The summed E-state index contributed by atoms with van der Waals surface area (Å²) in [4.78, 5) is 12.3. The van der Waals surface area contributed by atoms with Crippen LogP contribution in [0.5, 0.6) is 0 Å². The van der Waals surface area contributed by atoms with E-state index in [2.05, 4.69) is 31.4 Å². The number of rotatable bonds is 2. The van der Waals surface area contributed by atoms with Crippen molar-refractivity contribution in [2.24, 2.45) is 0 Å². The molecule has 0 radical (unpaired) electrons. The first-order valence-electron chi connectivity index (χ1n) is 7.14. The van der Waals surface area contributed by atoms with Gasteiger partial charge in [0.2, 0.25) is 0 Å². The van der Waals surface area contributed by atoms with Gasteiger partial charge in [-0.2, -0.15) is 5.10 Å². The number of nitrogens with one attached hydrogen (secondary N) is 2. The summed E-state index contributed by atoms with van der Waals surface area (Å²) in [5.74, 6) is -0.0988. The van der Waals surface area contributed by atoms with E-state index in [1.807, 2.05) is 54.6 Å². The van der Waals surface area contributed by atoms with Crippen LogP contribution in [0, 0.1) is 0 Å². The van der Waals surface area contributed by atoms with Crippen molar-refractivity contribution in [2.45, 2.75) is 0 Å². The number of nitrogens with zero attached hydrogens (tertiary/aromatic N) is 1. The minimum absolute atomic E-state index is 0.0988. The van der Waals surface area contributed by atoms with Crippen molar-refractivity contribution in [3.05, 3.63) is 70.3 Å². The number of hydrogen-bond donors (Lipinski definition) is 2. The highest BCUT2D eigenvalue weighted by atomic mass is 79.9. The van der Waals surface area contributed by atoms with Gasteiger partial charge in [0.05, 0.1) is 11.9 Å². The van der Waals surface area contributed by atoms with Crippen LogP contribution in [-0.2, 0) is 4.79 Å². The molecule has 0 unspecified atom stereocenters. The van der Waals surface area contributed by atoms with Crippen molar-refractivity contribution in [2.75, 3.05) is 5.32 Å². The molecular weight excluding hydrogens is 354 g/mol. The van der Waals surface area contributed by atoms with E-state index in [0.717, 1.165) is 32.5 Å². The maximum atomic E-state index is 12.3. The first kappa shape index (κ1) is 14.0. The van der Waals surface area contributed by atoms with Gasteiger partial charge >= 0.3 is 0 Å². The van der Waals surface area contributed by atoms with Crippen LogP contribution in [-0.4, -0.2) is 16.1 Å². The van der Waals surface area contributed by atoms with Crippen molar-refractivity contribution >= 4 is 39.2 Å². The second-order valence-corrected chi connectivity index (χ2v) is 6.18. The molecule has 23 heavy (non-hydrogen) atoms. The average Bonchev–Trinajstić information content (AvgIpc) is 3.14. The van der Waals surface area contributed by atoms with Crippen molar-refractivity contribution in [3.8, 4) is 11.3 Å². The molecule has 112 valence electrons. The van der Waals surface area contributed by atoms with Crippen LogP contribution in [0.15, 0.2) is 59.2 Å².